The smallest absolute Gasteiger partial charge is 0.0490 e. The van der Waals surface area contributed by atoms with Crippen LogP contribution in [0, 0.1) is 6.92 Å². The van der Waals surface area contributed by atoms with Gasteiger partial charge in [-0.1, -0.05) is 60.7 Å². The maximum absolute atomic E-state index is 2.30. The van der Waals surface area contributed by atoms with E-state index in [0.29, 0.717) is 0 Å². The lowest BCUT2D eigenvalue weighted by Crippen LogP contribution is -2.11. The van der Waals surface area contributed by atoms with Gasteiger partial charge in [0.25, 0.3) is 0 Å². The van der Waals surface area contributed by atoms with Gasteiger partial charge in [0.05, 0.1) is 0 Å². The van der Waals surface area contributed by atoms with E-state index >= 15 is 0 Å². The summed E-state index contributed by atoms with van der Waals surface area (Å²) in [6, 6.07) is 27.7. The molecule has 3 rings (SSSR count). The van der Waals surface area contributed by atoms with E-state index in [1.165, 1.54) is 28.2 Å². The van der Waals surface area contributed by atoms with Crippen molar-refractivity contribution < 1.29 is 0 Å². The van der Waals surface area contributed by atoms with E-state index in [-0.39, 0.29) is 0 Å². The first-order valence-corrected chi connectivity index (χ1v) is 7.93. The molecule has 1 nitrogen and oxygen atoms in total. The summed E-state index contributed by atoms with van der Waals surface area (Å²) < 4.78 is 0. The number of allylic oxidation sites excluding steroid dienone is 1. The van der Waals surface area contributed by atoms with E-state index in [0.717, 1.165) is 0 Å². The zero-order chi connectivity index (χ0) is 16.1. The summed E-state index contributed by atoms with van der Waals surface area (Å²) in [6.45, 7) is 4.19. The molecule has 0 aromatic heterocycles. The maximum Gasteiger partial charge on any atom is 0.0490 e. The Morgan fingerprint density at radius 2 is 1.30 bits per heavy atom. The molecule has 0 atom stereocenters. The number of hydrogen-bond acceptors (Lipinski definition) is 1. The van der Waals surface area contributed by atoms with Crippen LogP contribution in [-0.2, 0) is 0 Å². The predicted octanol–water partition coefficient (Wildman–Crippen LogP) is 6.50. The third kappa shape index (κ3) is 3.35. The highest BCUT2D eigenvalue weighted by atomic mass is 15.1. The molecule has 0 bridgehead atoms. The summed E-state index contributed by atoms with van der Waals surface area (Å²) in [4.78, 5) is 2.30. The lowest BCUT2D eigenvalue weighted by atomic mass is 10.1. The first-order chi connectivity index (χ1) is 11.3. The normalized spacial score (nSPS) is 10.9. The molecule has 0 saturated carbocycles. The van der Waals surface area contributed by atoms with Gasteiger partial charge in [-0.25, -0.2) is 0 Å². The molecule has 0 aliphatic rings. The fourth-order valence-corrected chi connectivity index (χ4v) is 2.75. The zero-order valence-corrected chi connectivity index (χ0v) is 13.6. The van der Waals surface area contributed by atoms with Gasteiger partial charge in [0.2, 0.25) is 0 Å². The fourth-order valence-electron chi connectivity index (χ4n) is 2.75. The van der Waals surface area contributed by atoms with Crippen LogP contribution in [0.5, 0.6) is 0 Å². The molecule has 0 saturated heterocycles. The summed E-state index contributed by atoms with van der Waals surface area (Å²) in [5, 5.41) is 0. The molecular weight excluding hydrogens is 278 g/mol. The van der Waals surface area contributed by atoms with Gasteiger partial charge in [0.1, 0.15) is 0 Å². The Kier molecular flexibility index (Phi) is 4.58. The monoisotopic (exact) mass is 299 g/mol. The van der Waals surface area contributed by atoms with Crippen LogP contribution in [0.4, 0.5) is 17.1 Å². The van der Waals surface area contributed by atoms with Crippen LogP contribution in [0.3, 0.4) is 0 Å². The minimum atomic E-state index is 1.17. The minimum Gasteiger partial charge on any atom is -0.310 e. The molecule has 1 heteroatoms. The Hall–Kier alpha value is -2.80. The molecule has 0 unspecified atom stereocenters. The molecule has 0 N–H and O–H groups in total. The van der Waals surface area contributed by atoms with E-state index in [1.54, 1.807) is 0 Å². The topological polar surface area (TPSA) is 3.24 Å². The van der Waals surface area contributed by atoms with Crippen molar-refractivity contribution in [3.63, 3.8) is 0 Å². The van der Waals surface area contributed by atoms with Crippen molar-refractivity contribution in [2.75, 3.05) is 4.90 Å². The second-order valence-corrected chi connectivity index (χ2v) is 5.55. The quantitative estimate of drug-likeness (QED) is 0.531. The molecular formula is C22H21N. The molecule has 0 aliphatic heterocycles. The molecule has 114 valence electrons. The minimum absolute atomic E-state index is 1.17. The van der Waals surface area contributed by atoms with Crippen LogP contribution in [-0.4, -0.2) is 0 Å². The highest BCUT2D eigenvalue weighted by Gasteiger charge is 2.13. The average Bonchev–Trinajstić information content (AvgIpc) is 2.60. The number of benzene rings is 3. The molecule has 0 aliphatic carbocycles. The van der Waals surface area contributed by atoms with Crippen LogP contribution < -0.4 is 4.90 Å². The lowest BCUT2D eigenvalue weighted by molar-refractivity contribution is 1.25. The van der Waals surface area contributed by atoms with E-state index in [4.69, 9.17) is 0 Å². The van der Waals surface area contributed by atoms with Crippen molar-refractivity contribution in [1.29, 1.82) is 0 Å². The number of rotatable bonds is 4. The zero-order valence-electron chi connectivity index (χ0n) is 13.6. The van der Waals surface area contributed by atoms with Gasteiger partial charge < -0.3 is 4.90 Å². The number of anilines is 3. The molecule has 3 aromatic carbocycles. The van der Waals surface area contributed by atoms with Crippen molar-refractivity contribution in [1.82, 2.24) is 0 Å². The number of nitrogens with zero attached hydrogens (tertiary/aromatic N) is 1. The maximum atomic E-state index is 2.30. The second-order valence-electron chi connectivity index (χ2n) is 5.55. The summed E-state index contributed by atoms with van der Waals surface area (Å²) in [6.07, 6.45) is 4.18. The van der Waals surface area contributed by atoms with Gasteiger partial charge >= 0.3 is 0 Å². The van der Waals surface area contributed by atoms with Gasteiger partial charge in [0, 0.05) is 17.1 Å². The number of hydrogen-bond donors (Lipinski definition) is 0. The third-order valence-corrected chi connectivity index (χ3v) is 3.88. The number of aryl methyl sites for hydroxylation is 1. The highest BCUT2D eigenvalue weighted by molar-refractivity contribution is 5.78. The van der Waals surface area contributed by atoms with Gasteiger partial charge in [-0.15, -0.1) is 0 Å². The molecule has 0 spiro atoms. The predicted molar refractivity (Wildman–Crippen MR) is 101 cm³/mol. The second kappa shape index (κ2) is 6.97. The Morgan fingerprint density at radius 3 is 1.96 bits per heavy atom. The Bertz CT molecular complexity index is 786. The first-order valence-electron chi connectivity index (χ1n) is 7.93. The Morgan fingerprint density at radius 1 is 0.696 bits per heavy atom. The Labute approximate surface area is 138 Å². The van der Waals surface area contributed by atoms with Crippen molar-refractivity contribution >= 4 is 23.1 Å². The third-order valence-electron chi connectivity index (χ3n) is 3.88. The number of para-hydroxylation sites is 2. The molecule has 3 aromatic rings. The van der Waals surface area contributed by atoms with Crippen LogP contribution in [0.1, 0.15) is 18.1 Å². The van der Waals surface area contributed by atoms with Crippen LogP contribution in [0.2, 0.25) is 0 Å². The summed E-state index contributed by atoms with van der Waals surface area (Å²) >= 11 is 0. The molecule has 0 amide bonds. The summed E-state index contributed by atoms with van der Waals surface area (Å²) in [7, 11) is 0. The fraction of sp³-hybridized carbons (Fsp3) is 0.0909. The Balaban J connectivity index is 2.11. The van der Waals surface area contributed by atoms with Crippen LogP contribution in [0.15, 0.2) is 84.9 Å². The van der Waals surface area contributed by atoms with Gasteiger partial charge in [0.15, 0.2) is 0 Å². The summed E-state index contributed by atoms with van der Waals surface area (Å²) in [5.74, 6) is 0. The van der Waals surface area contributed by atoms with Crippen molar-refractivity contribution in [3.8, 4) is 0 Å². The van der Waals surface area contributed by atoms with Crippen molar-refractivity contribution in [2.24, 2.45) is 0 Å². The van der Waals surface area contributed by atoms with Crippen molar-refractivity contribution in [3.05, 3.63) is 96.1 Å². The van der Waals surface area contributed by atoms with Gasteiger partial charge in [-0.3, -0.25) is 0 Å². The van der Waals surface area contributed by atoms with Crippen molar-refractivity contribution in [2.45, 2.75) is 13.8 Å². The standard InChI is InChI=1S/C22H21N/c1-3-9-19-14-16-21(17-15-19)23(20-11-5-4-6-12-20)22-13-8-7-10-18(22)2/h3-17H,1-2H3. The summed E-state index contributed by atoms with van der Waals surface area (Å²) in [5.41, 5.74) is 6.01. The van der Waals surface area contributed by atoms with Gasteiger partial charge in [-0.05, 0) is 55.3 Å². The van der Waals surface area contributed by atoms with E-state index < -0.39 is 0 Å². The van der Waals surface area contributed by atoms with Gasteiger partial charge in [-0.2, -0.15) is 0 Å². The first kappa shape index (κ1) is 15.1. The van der Waals surface area contributed by atoms with E-state index in [2.05, 4.69) is 103 Å². The SMILES string of the molecule is CC=Cc1ccc(N(c2ccccc2)c2ccccc2C)cc1. The molecule has 0 radical (unpaired) electrons. The largest absolute Gasteiger partial charge is 0.310 e. The van der Waals surface area contributed by atoms with Crippen LogP contribution in [0.25, 0.3) is 6.08 Å². The highest BCUT2D eigenvalue weighted by Crippen LogP contribution is 2.36. The lowest BCUT2D eigenvalue weighted by Gasteiger charge is -2.27. The van der Waals surface area contributed by atoms with E-state index in [1.807, 2.05) is 6.92 Å². The molecule has 23 heavy (non-hydrogen) atoms. The van der Waals surface area contributed by atoms with E-state index in [9.17, 15) is 0 Å². The average molecular weight is 299 g/mol. The molecule has 0 heterocycles. The molecule has 0 fully saturated rings. The van der Waals surface area contributed by atoms with Crippen LogP contribution >= 0.6 is 0 Å².